The Morgan fingerprint density at radius 1 is 1.57 bits per heavy atom. The Morgan fingerprint density at radius 3 is 2.93 bits per heavy atom. The van der Waals surface area contributed by atoms with Crippen molar-refractivity contribution >= 4 is 11.6 Å². The standard InChI is InChI=1S/C9H17ClN4/c1-3-8(5-10)11-6-9-12-7-13-14(9)4-2/h7-8,11H,3-6H2,1-2H3. The van der Waals surface area contributed by atoms with Crippen molar-refractivity contribution in [2.45, 2.75) is 39.4 Å². The molecule has 1 aromatic heterocycles. The first-order valence-electron chi connectivity index (χ1n) is 4.97. The third-order valence-electron chi connectivity index (χ3n) is 2.22. The highest BCUT2D eigenvalue weighted by molar-refractivity contribution is 6.18. The predicted molar refractivity (Wildman–Crippen MR) is 57.3 cm³/mol. The lowest BCUT2D eigenvalue weighted by Crippen LogP contribution is -2.30. The number of alkyl halides is 1. The molecule has 0 radical (unpaired) electrons. The van der Waals surface area contributed by atoms with Gasteiger partial charge in [0.15, 0.2) is 0 Å². The fourth-order valence-corrected chi connectivity index (χ4v) is 1.56. The zero-order chi connectivity index (χ0) is 10.4. The van der Waals surface area contributed by atoms with Gasteiger partial charge in [-0.1, -0.05) is 6.92 Å². The van der Waals surface area contributed by atoms with Crippen molar-refractivity contribution < 1.29 is 0 Å². The van der Waals surface area contributed by atoms with E-state index in [0.29, 0.717) is 11.9 Å². The van der Waals surface area contributed by atoms with Crippen LogP contribution in [-0.2, 0) is 13.1 Å². The van der Waals surface area contributed by atoms with Crippen molar-refractivity contribution in [3.05, 3.63) is 12.2 Å². The van der Waals surface area contributed by atoms with E-state index >= 15 is 0 Å². The van der Waals surface area contributed by atoms with Crippen LogP contribution in [0.25, 0.3) is 0 Å². The first-order chi connectivity index (χ1) is 6.81. The highest BCUT2D eigenvalue weighted by Gasteiger charge is 2.06. The smallest absolute Gasteiger partial charge is 0.140 e. The van der Waals surface area contributed by atoms with E-state index in [0.717, 1.165) is 25.3 Å². The maximum atomic E-state index is 5.78. The van der Waals surface area contributed by atoms with E-state index in [9.17, 15) is 0 Å². The minimum Gasteiger partial charge on any atom is -0.306 e. The first-order valence-corrected chi connectivity index (χ1v) is 5.51. The minimum absolute atomic E-state index is 0.360. The largest absolute Gasteiger partial charge is 0.306 e. The van der Waals surface area contributed by atoms with Crippen LogP contribution in [0.15, 0.2) is 6.33 Å². The summed E-state index contributed by atoms with van der Waals surface area (Å²) in [5.41, 5.74) is 0. The number of aryl methyl sites for hydroxylation is 1. The van der Waals surface area contributed by atoms with Crippen molar-refractivity contribution in [3.63, 3.8) is 0 Å². The topological polar surface area (TPSA) is 42.7 Å². The fraction of sp³-hybridized carbons (Fsp3) is 0.778. The second-order valence-electron chi connectivity index (χ2n) is 3.13. The average Bonchev–Trinajstić information content (AvgIpc) is 2.67. The van der Waals surface area contributed by atoms with Crippen LogP contribution in [-0.4, -0.2) is 26.7 Å². The molecule has 0 amide bonds. The number of hydrogen-bond donors (Lipinski definition) is 1. The minimum atomic E-state index is 0.360. The molecule has 1 unspecified atom stereocenters. The number of aromatic nitrogens is 3. The molecule has 1 atom stereocenters. The van der Waals surface area contributed by atoms with Gasteiger partial charge in [-0.15, -0.1) is 11.6 Å². The molecule has 0 saturated heterocycles. The molecule has 1 heterocycles. The lowest BCUT2D eigenvalue weighted by molar-refractivity contribution is 0.503. The summed E-state index contributed by atoms with van der Waals surface area (Å²) in [5, 5.41) is 7.44. The number of nitrogens with zero attached hydrogens (tertiary/aromatic N) is 3. The van der Waals surface area contributed by atoms with E-state index in [1.807, 2.05) is 4.68 Å². The summed E-state index contributed by atoms with van der Waals surface area (Å²) in [5.74, 6) is 1.60. The lowest BCUT2D eigenvalue weighted by Gasteiger charge is -2.13. The van der Waals surface area contributed by atoms with Gasteiger partial charge in [0.05, 0.1) is 6.54 Å². The predicted octanol–water partition coefficient (Wildman–Crippen LogP) is 1.40. The SMILES string of the molecule is CCC(CCl)NCc1ncnn1CC. The Hall–Kier alpha value is -0.610. The normalized spacial score (nSPS) is 13.1. The molecule has 4 nitrogen and oxygen atoms in total. The molecule has 0 aromatic carbocycles. The zero-order valence-corrected chi connectivity index (χ0v) is 9.46. The molecule has 0 aliphatic carbocycles. The summed E-state index contributed by atoms with van der Waals surface area (Å²) in [6.07, 6.45) is 2.62. The lowest BCUT2D eigenvalue weighted by atomic mass is 10.2. The molecule has 1 aromatic rings. The van der Waals surface area contributed by atoms with E-state index < -0.39 is 0 Å². The summed E-state index contributed by atoms with van der Waals surface area (Å²) < 4.78 is 1.88. The summed E-state index contributed by atoms with van der Waals surface area (Å²) in [6, 6.07) is 0.360. The molecular weight excluding hydrogens is 200 g/mol. The number of halogens is 1. The fourth-order valence-electron chi connectivity index (χ4n) is 1.23. The van der Waals surface area contributed by atoms with Gasteiger partial charge in [-0.3, -0.25) is 0 Å². The van der Waals surface area contributed by atoms with Crippen molar-refractivity contribution in [2.24, 2.45) is 0 Å². The van der Waals surface area contributed by atoms with Gasteiger partial charge in [0, 0.05) is 18.5 Å². The summed E-state index contributed by atoms with van der Waals surface area (Å²) in [4.78, 5) is 4.17. The van der Waals surface area contributed by atoms with Crippen LogP contribution >= 0.6 is 11.6 Å². The van der Waals surface area contributed by atoms with Crippen LogP contribution < -0.4 is 5.32 Å². The highest BCUT2D eigenvalue weighted by Crippen LogP contribution is 1.98. The summed E-state index contributed by atoms with van der Waals surface area (Å²) in [7, 11) is 0. The van der Waals surface area contributed by atoms with E-state index in [1.165, 1.54) is 0 Å². The molecule has 0 bridgehead atoms. The maximum Gasteiger partial charge on any atom is 0.140 e. The van der Waals surface area contributed by atoms with Crippen LogP contribution in [0.5, 0.6) is 0 Å². The van der Waals surface area contributed by atoms with Gasteiger partial charge in [-0.05, 0) is 13.3 Å². The van der Waals surface area contributed by atoms with Gasteiger partial charge in [0.2, 0.25) is 0 Å². The Labute approximate surface area is 89.7 Å². The van der Waals surface area contributed by atoms with Gasteiger partial charge in [-0.2, -0.15) is 5.10 Å². The Bertz CT molecular complexity index is 257. The molecular formula is C9H17ClN4. The molecule has 14 heavy (non-hydrogen) atoms. The molecule has 1 rings (SSSR count). The van der Waals surface area contributed by atoms with Gasteiger partial charge < -0.3 is 5.32 Å². The van der Waals surface area contributed by atoms with Crippen molar-refractivity contribution in [3.8, 4) is 0 Å². The molecule has 1 N–H and O–H groups in total. The van der Waals surface area contributed by atoms with E-state index in [-0.39, 0.29) is 0 Å². The van der Waals surface area contributed by atoms with Gasteiger partial charge in [-0.25, -0.2) is 9.67 Å². The van der Waals surface area contributed by atoms with Crippen LogP contribution in [0, 0.1) is 0 Å². The molecule has 0 fully saturated rings. The second-order valence-corrected chi connectivity index (χ2v) is 3.44. The number of hydrogen-bond acceptors (Lipinski definition) is 3. The Balaban J connectivity index is 2.44. The van der Waals surface area contributed by atoms with Crippen molar-refractivity contribution in [2.75, 3.05) is 5.88 Å². The van der Waals surface area contributed by atoms with E-state index in [1.54, 1.807) is 6.33 Å². The molecule has 0 spiro atoms. The average molecular weight is 217 g/mol. The van der Waals surface area contributed by atoms with Crippen molar-refractivity contribution in [1.29, 1.82) is 0 Å². The van der Waals surface area contributed by atoms with E-state index in [4.69, 9.17) is 11.6 Å². The summed E-state index contributed by atoms with van der Waals surface area (Å²) >= 11 is 5.78. The highest BCUT2D eigenvalue weighted by atomic mass is 35.5. The van der Waals surface area contributed by atoms with Crippen LogP contribution in [0.3, 0.4) is 0 Å². The monoisotopic (exact) mass is 216 g/mol. The van der Waals surface area contributed by atoms with E-state index in [2.05, 4.69) is 29.2 Å². The van der Waals surface area contributed by atoms with Crippen LogP contribution in [0.2, 0.25) is 0 Å². The molecule has 0 aliphatic heterocycles. The van der Waals surface area contributed by atoms with Gasteiger partial charge in [0.25, 0.3) is 0 Å². The zero-order valence-electron chi connectivity index (χ0n) is 8.70. The molecule has 5 heteroatoms. The third-order valence-corrected chi connectivity index (χ3v) is 2.60. The van der Waals surface area contributed by atoms with Gasteiger partial charge >= 0.3 is 0 Å². The number of rotatable bonds is 6. The third kappa shape index (κ3) is 2.96. The summed E-state index contributed by atoms with van der Waals surface area (Å²) in [6.45, 7) is 5.76. The number of nitrogens with one attached hydrogen (secondary N) is 1. The second kappa shape index (κ2) is 5.98. The maximum absolute atomic E-state index is 5.78. The quantitative estimate of drug-likeness (QED) is 0.732. The van der Waals surface area contributed by atoms with Gasteiger partial charge in [0.1, 0.15) is 12.2 Å². The Morgan fingerprint density at radius 2 is 2.36 bits per heavy atom. The molecule has 0 aliphatic rings. The van der Waals surface area contributed by atoms with Crippen LogP contribution in [0.4, 0.5) is 0 Å². The molecule has 0 saturated carbocycles. The first kappa shape index (κ1) is 11.5. The van der Waals surface area contributed by atoms with Crippen LogP contribution in [0.1, 0.15) is 26.1 Å². The van der Waals surface area contributed by atoms with Crippen molar-refractivity contribution in [1.82, 2.24) is 20.1 Å². The molecule has 80 valence electrons. The Kier molecular flexibility index (Phi) is 4.90.